The maximum atomic E-state index is 13.0. The molecule has 0 bridgehead atoms. The van der Waals surface area contributed by atoms with Crippen LogP contribution in [0.25, 0.3) is 17.3 Å². The summed E-state index contributed by atoms with van der Waals surface area (Å²) in [5.41, 5.74) is 5.29. The summed E-state index contributed by atoms with van der Waals surface area (Å²) in [5.74, 6) is -1.41. The van der Waals surface area contributed by atoms with E-state index in [1.807, 2.05) is 25.1 Å². The number of hydrogen-bond acceptors (Lipinski definition) is 5. The van der Waals surface area contributed by atoms with Gasteiger partial charge in [0.15, 0.2) is 0 Å². The van der Waals surface area contributed by atoms with Gasteiger partial charge in [-0.2, -0.15) is 4.98 Å². The number of nitrogens with zero attached hydrogens (tertiary/aromatic N) is 2. The topological polar surface area (TPSA) is 109 Å². The number of nitrogens with one attached hydrogen (secondary N) is 1. The van der Waals surface area contributed by atoms with Gasteiger partial charge in [-0.25, -0.2) is 22.9 Å². The molecule has 0 amide bonds. The van der Waals surface area contributed by atoms with E-state index in [0.717, 1.165) is 35.6 Å². The van der Waals surface area contributed by atoms with Gasteiger partial charge in [-0.05, 0) is 68.9 Å². The van der Waals surface area contributed by atoms with Gasteiger partial charge < -0.3 is 5.11 Å². The van der Waals surface area contributed by atoms with Crippen molar-refractivity contribution in [2.45, 2.75) is 50.8 Å². The number of aromatic carboxylic acids is 1. The monoisotopic (exact) mass is 511 g/mol. The van der Waals surface area contributed by atoms with E-state index in [1.165, 1.54) is 43.0 Å². The van der Waals surface area contributed by atoms with Crippen LogP contribution in [0.3, 0.4) is 0 Å². The van der Waals surface area contributed by atoms with Crippen LogP contribution in [-0.4, -0.2) is 29.5 Å². The molecule has 1 aromatic heterocycles. The molecule has 2 N–H and O–H groups in total. The molecule has 0 aliphatic heterocycles. The summed E-state index contributed by atoms with van der Waals surface area (Å²) >= 11 is 6.43. The lowest BCUT2D eigenvalue weighted by Crippen LogP contribution is -2.16. The molecular weight excluding hydrogens is 486 g/mol. The van der Waals surface area contributed by atoms with Crippen LogP contribution in [0.5, 0.6) is 0 Å². The van der Waals surface area contributed by atoms with Crippen LogP contribution >= 0.6 is 11.6 Å². The molecule has 3 aromatic rings. The average molecular weight is 512 g/mol. The number of halogens is 1. The highest BCUT2D eigenvalue weighted by Gasteiger charge is 2.21. The number of aromatic nitrogens is 2. The zero-order valence-corrected chi connectivity index (χ0v) is 21.1. The molecule has 0 spiro atoms. The number of benzene rings is 2. The quantitative estimate of drug-likeness (QED) is 0.378. The van der Waals surface area contributed by atoms with Gasteiger partial charge in [0.2, 0.25) is 5.95 Å². The van der Waals surface area contributed by atoms with Gasteiger partial charge in [-0.15, -0.1) is 0 Å². The minimum absolute atomic E-state index is 0.131. The van der Waals surface area contributed by atoms with E-state index in [9.17, 15) is 18.3 Å². The fraction of sp³-hybridized carbons (Fsp3) is 0.269. The Bertz CT molecular complexity index is 1430. The van der Waals surface area contributed by atoms with Gasteiger partial charge in [-0.3, -0.25) is 0 Å². The normalized spacial score (nSPS) is 14.0. The summed E-state index contributed by atoms with van der Waals surface area (Å²) < 4.78 is 28.3. The van der Waals surface area contributed by atoms with Gasteiger partial charge in [0.05, 0.1) is 16.2 Å². The maximum absolute atomic E-state index is 13.0. The molecule has 0 atom stereocenters. The van der Waals surface area contributed by atoms with E-state index in [2.05, 4.69) is 20.8 Å². The molecule has 0 radical (unpaired) electrons. The predicted molar refractivity (Wildman–Crippen MR) is 137 cm³/mol. The van der Waals surface area contributed by atoms with Crippen LogP contribution in [0.1, 0.15) is 59.2 Å². The summed E-state index contributed by atoms with van der Waals surface area (Å²) in [7, 11) is -4.15. The molecule has 1 aliphatic rings. The number of sulfonamides is 1. The first-order valence-corrected chi connectivity index (χ1v) is 13.2. The lowest BCUT2D eigenvalue weighted by Gasteiger charge is -2.17. The first-order valence-electron chi connectivity index (χ1n) is 11.4. The molecule has 7 nitrogen and oxygen atoms in total. The molecule has 1 saturated carbocycles. The zero-order chi connectivity index (χ0) is 25.2. The summed E-state index contributed by atoms with van der Waals surface area (Å²) in [4.78, 5) is 19.7. The Morgan fingerprint density at radius 2 is 1.77 bits per heavy atom. The zero-order valence-electron chi connectivity index (χ0n) is 19.5. The number of aryl methyl sites for hydroxylation is 1. The molecule has 9 heteroatoms. The summed E-state index contributed by atoms with van der Waals surface area (Å²) in [6.07, 6.45) is 7.95. The van der Waals surface area contributed by atoms with Crippen molar-refractivity contribution >= 4 is 39.6 Å². The van der Waals surface area contributed by atoms with Crippen LogP contribution in [0, 0.1) is 13.8 Å². The summed E-state index contributed by atoms with van der Waals surface area (Å²) in [6, 6.07) is 11.1. The Balaban J connectivity index is 1.78. The maximum Gasteiger partial charge on any atom is 0.335 e. The van der Waals surface area contributed by atoms with Crippen LogP contribution in [0.2, 0.25) is 5.15 Å². The average Bonchev–Trinajstić information content (AvgIpc) is 2.82. The fourth-order valence-electron chi connectivity index (χ4n) is 4.26. The lowest BCUT2D eigenvalue weighted by atomic mass is 9.90. The number of rotatable bonds is 6. The van der Waals surface area contributed by atoms with Crippen LogP contribution in [-0.2, 0) is 10.0 Å². The van der Waals surface area contributed by atoms with Gasteiger partial charge in [-0.1, -0.05) is 53.9 Å². The largest absolute Gasteiger partial charge is 0.478 e. The van der Waals surface area contributed by atoms with Gasteiger partial charge in [0, 0.05) is 11.1 Å². The smallest absolute Gasteiger partial charge is 0.335 e. The van der Waals surface area contributed by atoms with E-state index >= 15 is 0 Å². The van der Waals surface area contributed by atoms with Crippen LogP contribution < -0.4 is 4.72 Å². The fourth-order valence-corrected chi connectivity index (χ4v) is 5.42. The van der Waals surface area contributed by atoms with Crippen LogP contribution in [0.15, 0.2) is 52.9 Å². The first kappa shape index (κ1) is 24.9. The second kappa shape index (κ2) is 10.2. The molecular formula is C26H26ClN3O4S. The SMILES string of the molecule is Cc1cccc(C=C2CCCCC2)c1-c1nc(NS(=O)(=O)c2cccc(C(=O)O)c2)nc(Cl)c1C. The van der Waals surface area contributed by atoms with Crippen molar-refractivity contribution in [2.24, 2.45) is 0 Å². The molecule has 4 rings (SSSR count). The van der Waals surface area contributed by atoms with E-state index in [4.69, 9.17) is 11.6 Å². The van der Waals surface area contributed by atoms with E-state index in [1.54, 1.807) is 6.92 Å². The third-order valence-corrected chi connectivity index (χ3v) is 7.79. The lowest BCUT2D eigenvalue weighted by molar-refractivity contribution is 0.0696. The minimum atomic E-state index is -4.15. The minimum Gasteiger partial charge on any atom is -0.478 e. The van der Waals surface area contributed by atoms with Crippen molar-refractivity contribution in [1.29, 1.82) is 0 Å². The Kier molecular flexibility index (Phi) is 7.23. The number of carboxylic acid groups (broad SMARTS) is 1. The molecule has 182 valence electrons. The van der Waals surface area contributed by atoms with Gasteiger partial charge in [0.1, 0.15) is 5.15 Å². The third kappa shape index (κ3) is 5.55. The van der Waals surface area contributed by atoms with Crippen molar-refractivity contribution < 1.29 is 18.3 Å². The van der Waals surface area contributed by atoms with E-state index in [0.29, 0.717) is 11.3 Å². The Labute approximate surface area is 210 Å². The predicted octanol–water partition coefficient (Wildman–Crippen LogP) is 6.26. The van der Waals surface area contributed by atoms with Crippen molar-refractivity contribution in [3.05, 3.63) is 75.4 Å². The molecule has 2 aromatic carbocycles. The third-order valence-electron chi connectivity index (χ3n) is 6.10. The van der Waals surface area contributed by atoms with Crippen molar-refractivity contribution in [1.82, 2.24) is 9.97 Å². The Morgan fingerprint density at radius 3 is 2.49 bits per heavy atom. The Hall–Kier alpha value is -3.23. The number of carboxylic acids is 1. The first-order chi connectivity index (χ1) is 16.7. The number of hydrogen-bond donors (Lipinski definition) is 2. The summed E-state index contributed by atoms with van der Waals surface area (Å²) in [6.45, 7) is 3.78. The van der Waals surface area contributed by atoms with Gasteiger partial charge in [0.25, 0.3) is 10.0 Å². The Morgan fingerprint density at radius 1 is 1.06 bits per heavy atom. The van der Waals surface area contributed by atoms with Crippen molar-refractivity contribution in [3.8, 4) is 11.3 Å². The standard InChI is InChI=1S/C26H26ClN3O4S/c1-16-8-6-11-19(14-18-9-4-3-5-10-18)22(16)23-17(2)24(27)29-26(28-23)30-35(33,34)21-13-7-12-20(15-21)25(31)32/h6-8,11-15H,3-5,9-10H2,1-2H3,(H,31,32)(H,28,29,30). The molecule has 1 fully saturated rings. The molecule has 0 saturated heterocycles. The molecule has 1 aliphatic carbocycles. The highest BCUT2D eigenvalue weighted by atomic mass is 35.5. The van der Waals surface area contributed by atoms with E-state index in [-0.39, 0.29) is 21.6 Å². The number of allylic oxidation sites excluding steroid dienone is 1. The van der Waals surface area contributed by atoms with Crippen molar-refractivity contribution in [2.75, 3.05) is 4.72 Å². The molecule has 1 heterocycles. The highest BCUT2D eigenvalue weighted by molar-refractivity contribution is 7.92. The number of anilines is 1. The second-order valence-corrected chi connectivity index (χ2v) is 10.7. The summed E-state index contributed by atoms with van der Waals surface area (Å²) in [5, 5.41) is 9.33. The molecule has 0 unspecified atom stereocenters. The molecule has 35 heavy (non-hydrogen) atoms. The van der Waals surface area contributed by atoms with E-state index < -0.39 is 16.0 Å². The van der Waals surface area contributed by atoms with Crippen molar-refractivity contribution in [3.63, 3.8) is 0 Å². The van der Waals surface area contributed by atoms with Gasteiger partial charge >= 0.3 is 5.97 Å². The highest BCUT2D eigenvalue weighted by Crippen LogP contribution is 2.35. The van der Waals surface area contributed by atoms with Crippen LogP contribution in [0.4, 0.5) is 5.95 Å². The second-order valence-electron chi connectivity index (χ2n) is 8.65. The number of carbonyl (C=O) groups is 1.